The van der Waals surface area contributed by atoms with Crippen LogP contribution < -0.4 is 4.72 Å². The van der Waals surface area contributed by atoms with Gasteiger partial charge in [0.1, 0.15) is 6.26 Å². The van der Waals surface area contributed by atoms with Crippen LogP contribution in [-0.4, -0.2) is 19.2 Å². The van der Waals surface area contributed by atoms with E-state index >= 15 is 0 Å². The van der Waals surface area contributed by atoms with Crippen molar-refractivity contribution in [3.05, 3.63) is 41.8 Å². The van der Waals surface area contributed by atoms with Gasteiger partial charge in [0.2, 0.25) is 0 Å². The minimum atomic E-state index is -3.76. The Labute approximate surface area is 110 Å². The summed E-state index contributed by atoms with van der Waals surface area (Å²) < 4.78 is 31.1. The quantitative estimate of drug-likeness (QED) is 0.865. The van der Waals surface area contributed by atoms with Crippen LogP contribution in [0.25, 0.3) is 0 Å². The fourth-order valence-electron chi connectivity index (χ4n) is 1.44. The van der Waals surface area contributed by atoms with Gasteiger partial charge in [0.15, 0.2) is 5.78 Å². The fourth-order valence-corrected chi connectivity index (χ4v) is 2.38. The number of ketones is 1. The van der Waals surface area contributed by atoms with Gasteiger partial charge < -0.3 is 4.42 Å². The predicted octanol–water partition coefficient (Wildman–Crippen LogP) is 1.99. The molecule has 0 bridgehead atoms. The normalized spacial score (nSPS) is 11.3. The maximum Gasteiger partial charge on any atom is 0.309 e. The van der Waals surface area contributed by atoms with Crippen molar-refractivity contribution in [3.63, 3.8) is 0 Å². The van der Waals surface area contributed by atoms with Crippen LogP contribution in [0.3, 0.4) is 0 Å². The standard InChI is InChI=1S/C12H12N2O4S/c1-8-7-18-12(13-8)14-19(16,17)11-5-3-10(4-6-11)9(2)15/h3-7H,1-2H3,(H,13,14). The molecule has 0 aliphatic rings. The van der Waals surface area contributed by atoms with E-state index in [0.717, 1.165) is 0 Å². The molecule has 2 rings (SSSR count). The molecule has 0 aliphatic carbocycles. The second-order valence-electron chi connectivity index (χ2n) is 3.98. The smallest absolute Gasteiger partial charge is 0.309 e. The molecule has 0 radical (unpaired) electrons. The number of carbonyl (C=O) groups excluding carboxylic acids is 1. The summed E-state index contributed by atoms with van der Waals surface area (Å²) >= 11 is 0. The molecular formula is C12H12N2O4S. The Morgan fingerprint density at radius 3 is 2.37 bits per heavy atom. The van der Waals surface area contributed by atoms with E-state index < -0.39 is 10.0 Å². The lowest BCUT2D eigenvalue weighted by molar-refractivity contribution is 0.101. The van der Waals surface area contributed by atoms with Gasteiger partial charge in [0.25, 0.3) is 10.0 Å². The number of anilines is 1. The van der Waals surface area contributed by atoms with Gasteiger partial charge in [0.05, 0.1) is 10.6 Å². The Morgan fingerprint density at radius 1 is 1.26 bits per heavy atom. The Hall–Kier alpha value is -2.15. The molecule has 1 heterocycles. The molecule has 0 unspecified atom stereocenters. The molecule has 100 valence electrons. The maximum atomic E-state index is 12.0. The summed E-state index contributed by atoms with van der Waals surface area (Å²) in [6.45, 7) is 3.10. The molecule has 0 saturated heterocycles. The van der Waals surface area contributed by atoms with Crippen LogP contribution in [0, 0.1) is 6.92 Å². The van der Waals surface area contributed by atoms with Gasteiger partial charge in [0, 0.05) is 5.56 Å². The van der Waals surface area contributed by atoms with Crippen molar-refractivity contribution in [1.82, 2.24) is 4.98 Å². The van der Waals surface area contributed by atoms with Crippen LogP contribution in [0.1, 0.15) is 23.0 Å². The third kappa shape index (κ3) is 3.00. The summed E-state index contributed by atoms with van der Waals surface area (Å²) in [5.74, 6) is -0.125. The largest absolute Gasteiger partial charge is 0.431 e. The molecule has 19 heavy (non-hydrogen) atoms. The van der Waals surface area contributed by atoms with Crippen molar-refractivity contribution in [3.8, 4) is 0 Å². The van der Waals surface area contributed by atoms with Gasteiger partial charge in [-0.05, 0) is 26.0 Å². The van der Waals surface area contributed by atoms with E-state index in [0.29, 0.717) is 11.3 Å². The summed E-state index contributed by atoms with van der Waals surface area (Å²) in [6.07, 6.45) is 1.34. The average molecular weight is 280 g/mol. The van der Waals surface area contributed by atoms with E-state index in [4.69, 9.17) is 4.42 Å². The molecule has 7 heteroatoms. The van der Waals surface area contributed by atoms with Gasteiger partial charge >= 0.3 is 6.01 Å². The molecular weight excluding hydrogens is 268 g/mol. The molecule has 1 aromatic carbocycles. The Morgan fingerprint density at radius 2 is 1.89 bits per heavy atom. The summed E-state index contributed by atoms with van der Waals surface area (Å²) in [7, 11) is -3.76. The SMILES string of the molecule is CC(=O)c1ccc(S(=O)(=O)Nc2nc(C)co2)cc1. The van der Waals surface area contributed by atoms with Gasteiger partial charge in [-0.25, -0.2) is 13.1 Å². The van der Waals surface area contributed by atoms with E-state index in [1.54, 1.807) is 6.92 Å². The number of aryl methyl sites for hydroxylation is 1. The topological polar surface area (TPSA) is 89.3 Å². The van der Waals surface area contributed by atoms with Crippen LogP contribution in [0.2, 0.25) is 0 Å². The lowest BCUT2D eigenvalue weighted by atomic mass is 10.2. The predicted molar refractivity (Wildman–Crippen MR) is 68.5 cm³/mol. The number of aromatic nitrogens is 1. The first-order chi connectivity index (χ1) is 8.88. The molecule has 0 saturated carbocycles. The van der Waals surface area contributed by atoms with E-state index in [2.05, 4.69) is 9.71 Å². The number of Topliss-reactive ketones (excluding diaryl/α,β-unsaturated/α-hetero) is 1. The second kappa shape index (κ2) is 4.85. The molecule has 1 aromatic heterocycles. The highest BCUT2D eigenvalue weighted by atomic mass is 32.2. The lowest BCUT2D eigenvalue weighted by Gasteiger charge is -2.04. The molecule has 6 nitrogen and oxygen atoms in total. The van der Waals surface area contributed by atoms with Gasteiger partial charge in [-0.2, -0.15) is 4.98 Å². The molecule has 0 atom stereocenters. The highest BCUT2D eigenvalue weighted by molar-refractivity contribution is 7.92. The monoisotopic (exact) mass is 280 g/mol. The summed E-state index contributed by atoms with van der Waals surface area (Å²) in [4.78, 5) is 15.0. The zero-order chi connectivity index (χ0) is 14.0. The van der Waals surface area contributed by atoms with E-state index in [1.165, 1.54) is 37.5 Å². The van der Waals surface area contributed by atoms with Crippen molar-refractivity contribution in [2.75, 3.05) is 4.72 Å². The third-order valence-electron chi connectivity index (χ3n) is 2.41. The van der Waals surface area contributed by atoms with E-state index in [-0.39, 0.29) is 16.7 Å². The van der Waals surface area contributed by atoms with Crippen molar-refractivity contribution in [2.24, 2.45) is 0 Å². The number of sulfonamides is 1. The number of oxazole rings is 1. The number of benzene rings is 1. The van der Waals surface area contributed by atoms with Crippen LogP contribution in [0.15, 0.2) is 39.8 Å². The molecule has 2 aromatic rings. The number of nitrogens with one attached hydrogen (secondary N) is 1. The first-order valence-electron chi connectivity index (χ1n) is 5.44. The summed E-state index contributed by atoms with van der Waals surface area (Å²) in [5.41, 5.74) is 1.02. The first-order valence-corrected chi connectivity index (χ1v) is 6.93. The fraction of sp³-hybridized carbons (Fsp3) is 0.167. The van der Waals surface area contributed by atoms with Crippen LogP contribution >= 0.6 is 0 Å². The molecule has 0 aliphatic heterocycles. The molecule has 0 fully saturated rings. The highest BCUT2D eigenvalue weighted by Crippen LogP contribution is 2.16. The van der Waals surface area contributed by atoms with Crippen molar-refractivity contribution >= 4 is 21.8 Å². The third-order valence-corrected chi connectivity index (χ3v) is 3.75. The molecule has 0 spiro atoms. The Balaban J connectivity index is 2.26. The minimum absolute atomic E-state index is 0.0355. The summed E-state index contributed by atoms with van der Waals surface area (Å²) in [6, 6.07) is 5.53. The number of hydrogen-bond acceptors (Lipinski definition) is 5. The average Bonchev–Trinajstić information content (AvgIpc) is 2.74. The minimum Gasteiger partial charge on any atom is -0.431 e. The van der Waals surface area contributed by atoms with Crippen LogP contribution in [0.4, 0.5) is 6.01 Å². The number of nitrogens with zero attached hydrogens (tertiary/aromatic N) is 1. The number of hydrogen-bond donors (Lipinski definition) is 1. The molecule has 1 N–H and O–H groups in total. The second-order valence-corrected chi connectivity index (χ2v) is 5.66. The highest BCUT2D eigenvalue weighted by Gasteiger charge is 2.17. The molecule has 0 amide bonds. The first kappa shape index (κ1) is 13.3. The number of carbonyl (C=O) groups is 1. The summed E-state index contributed by atoms with van der Waals surface area (Å²) in [5, 5.41) is 0. The zero-order valence-electron chi connectivity index (χ0n) is 10.4. The lowest BCUT2D eigenvalue weighted by Crippen LogP contribution is -2.13. The van der Waals surface area contributed by atoms with E-state index in [1.807, 2.05) is 0 Å². The van der Waals surface area contributed by atoms with Crippen LogP contribution in [-0.2, 0) is 10.0 Å². The Bertz CT molecular complexity index is 702. The van der Waals surface area contributed by atoms with Crippen LogP contribution in [0.5, 0.6) is 0 Å². The maximum absolute atomic E-state index is 12.0. The van der Waals surface area contributed by atoms with Crippen molar-refractivity contribution in [1.29, 1.82) is 0 Å². The Kier molecular flexibility index (Phi) is 3.39. The van der Waals surface area contributed by atoms with Gasteiger partial charge in [-0.15, -0.1) is 0 Å². The van der Waals surface area contributed by atoms with Crippen molar-refractivity contribution in [2.45, 2.75) is 18.7 Å². The van der Waals surface area contributed by atoms with E-state index in [9.17, 15) is 13.2 Å². The number of rotatable bonds is 4. The zero-order valence-corrected chi connectivity index (χ0v) is 11.2. The van der Waals surface area contributed by atoms with Gasteiger partial charge in [-0.1, -0.05) is 12.1 Å². The van der Waals surface area contributed by atoms with Crippen molar-refractivity contribution < 1.29 is 17.6 Å². The van der Waals surface area contributed by atoms with Gasteiger partial charge in [-0.3, -0.25) is 4.79 Å².